The molecule has 0 saturated carbocycles. The second-order valence-corrected chi connectivity index (χ2v) is 7.59. The average molecular weight is 591 g/mol. The predicted octanol–water partition coefficient (Wildman–Crippen LogP) is 4.06. The highest BCUT2D eigenvalue weighted by molar-refractivity contribution is 14.1. The molecule has 2 aromatic rings. The van der Waals surface area contributed by atoms with Crippen LogP contribution in [0.15, 0.2) is 54.2 Å². The molecule has 140 valence electrons. The molecule has 27 heavy (non-hydrogen) atoms. The molecule has 0 aliphatic rings. The first kappa shape index (κ1) is 21.3. The molecule has 0 radical (unpaired) electrons. The van der Waals surface area contributed by atoms with Crippen molar-refractivity contribution in [2.75, 3.05) is 6.61 Å². The lowest BCUT2D eigenvalue weighted by Crippen LogP contribution is -2.20. The van der Waals surface area contributed by atoms with Gasteiger partial charge in [0.05, 0.1) is 24.7 Å². The van der Waals surface area contributed by atoms with Gasteiger partial charge in [0.2, 0.25) is 5.91 Å². The molecule has 0 aromatic heterocycles. The van der Waals surface area contributed by atoms with Crippen molar-refractivity contribution >= 4 is 63.0 Å². The average Bonchev–Trinajstić information content (AvgIpc) is 2.61. The summed E-state index contributed by atoms with van der Waals surface area (Å²) in [6.07, 6.45) is 3.06. The Morgan fingerprint density at radius 1 is 1.30 bits per heavy atom. The number of rotatable bonds is 8. The van der Waals surface area contributed by atoms with Crippen LogP contribution < -0.4 is 10.2 Å². The lowest BCUT2D eigenvalue weighted by atomic mass is 10.1. The van der Waals surface area contributed by atoms with Gasteiger partial charge in [0.1, 0.15) is 12.4 Å². The van der Waals surface area contributed by atoms with E-state index < -0.39 is 10.8 Å². The molecule has 0 saturated heterocycles. The molecule has 0 aliphatic carbocycles. The number of ether oxygens (including phenoxy) is 1. The fourth-order valence-electron chi connectivity index (χ4n) is 2.16. The monoisotopic (exact) mass is 591 g/mol. The fourth-order valence-corrected chi connectivity index (χ4v) is 4.29. The van der Waals surface area contributed by atoms with Gasteiger partial charge in [0.25, 0.3) is 5.69 Å². The summed E-state index contributed by atoms with van der Waals surface area (Å²) < 4.78 is 7.43. The molecule has 2 rings (SSSR count). The summed E-state index contributed by atoms with van der Waals surface area (Å²) in [5.74, 6) is 0.338. The van der Waals surface area contributed by atoms with Crippen molar-refractivity contribution < 1.29 is 14.5 Å². The van der Waals surface area contributed by atoms with Crippen molar-refractivity contribution in [1.29, 1.82) is 0 Å². The Kier molecular flexibility index (Phi) is 8.16. The molecule has 9 heteroatoms. The van der Waals surface area contributed by atoms with Crippen LogP contribution in [-0.4, -0.2) is 23.7 Å². The summed E-state index contributed by atoms with van der Waals surface area (Å²) in [4.78, 5) is 22.5. The number of carbonyl (C=O) groups is 1. The number of nitrogens with zero attached hydrogens (tertiary/aromatic N) is 2. The van der Waals surface area contributed by atoms with Gasteiger partial charge in [-0.15, -0.1) is 0 Å². The number of amides is 1. The lowest BCUT2D eigenvalue weighted by Gasteiger charge is -2.09. The molecule has 0 bridgehead atoms. The summed E-state index contributed by atoms with van der Waals surface area (Å²) in [7, 11) is 0. The smallest absolute Gasteiger partial charge is 0.273 e. The number of hydrogen-bond acceptors (Lipinski definition) is 5. The number of nitrogens with one attached hydrogen (secondary N) is 1. The number of hydrazone groups is 1. The zero-order valence-corrected chi connectivity index (χ0v) is 18.3. The standard InChI is InChI=1S/C18H15I2N3O4/c1-2-7-27-18-14(19)8-12(9-15(18)20)11-21-22-17(24)10-13-5-3-4-6-16(13)23(25)26/h2-6,8-9,11H,1,7,10H2,(H,22,24)/b21-11+. The highest BCUT2D eigenvalue weighted by Gasteiger charge is 2.15. The van der Waals surface area contributed by atoms with Gasteiger partial charge >= 0.3 is 0 Å². The first-order valence-corrected chi connectivity index (χ1v) is 9.85. The number of para-hydroxylation sites is 1. The molecule has 0 fully saturated rings. The Morgan fingerprint density at radius 3 is 2.59 bits per heavy atom. The van der Waals surface area contributed by atoms with Gasteiger partial charge in [-0.2, -0.15) is 5.10 Å². The van der Waals surface area contributed by atoms with Crippen LogP contribution in [0.1, 0.15) is 11.1 Å². The van der Waals surface area contributed by atoms with Crippen molar-refractivity contribution in [2.45, 2.75) is 6.42 Å². The van der Waals surface area contributed by atoms with Crippen LogP contribution in [0.4, 0.5) is 5.69 Å². The number of nitro benzene ring substituents is 1. The van der Waals surface area contributed by atoms with Crippen LogP contribution in [0, 0.1) is 17.3 Å². The number of nitro groups is 1. The maximum absolute atomic E-state index is 12.0. The SMILES string of the molecule is C=CCOc1c(I)cc(/C=N/NC(=O)Cc2ccccc2[N+](=O)[O-])cc1I. The second kappa shape index (κ2) is 10.3. The molecule has 1 N–H and O–H groups in total. The molecule has 0 spiro atoms. The Balaban J connectivity index is 2.02. The van der Waals surface area contributed by atoms with E-state index in [0.717, 1.165) is 18.5 Å². The Morgan fingerprint density at radius 2 is 1.96 bits per heavy atom. The van der Waals surface area contributed by atoms with Crippen molar-refractivity contribution in [2.24, 2.45) is 5.10 Å². The third-order valence-corrected chi connectivity index (χ3v) is 4.91. The first-order valence-electron chi connectivity index (χ1n) is 7.69. The van der Waals surface area contributed by atoms with E-state index in [1.165, 1.54) is 12.3 Å². The minimum absolute atomic E-state index is 0.0872. The van der Waals surface area contributed by atoms with Crippen molar-refractivity contribution in [3.05, 3.63) is 77.4 Å². The molecular weight excluding hydrogens is 576 g/mol. The van der Waals surface area contributed by atoms with E-state index in [4.69, 9.17) is 4.74 Å². The largest absolute Gasteiger partial charge is 0.487 e. The molecule has 0 unspecified atom stereocenters. The maximum atomic E-state index is 12.0. The fraction of sp³-hybridized carbons (Fsp3) is 0.111. The summed E-state index contributed by atoms with van der Waals surface area (Å²) in [5, 5.41) is 14.9. The van der Waals surface area contributed by atoms with Crippen LogP contribution in [0.25, 0.3) is 0 Å². The van der Waals surface area contributed by atoms with E-state index in [1.54, 1.807) is 24.3 Å². The van der Waals surface area contributed by atoms with E-state index in [9.17, 15) is 14.9 Å². The van der Waals surface area contributed by atoms with Crippen molar-refractivity contribution in [3.63, 3.8) is 0 Å². The van der Waals surface area contributed by atoms with E-state index in [1.807, 2.05) is 12.1 Å². The lowest BCUT2D eigenvalue weighted by molar-refractivity contribution is -0.385. The molecule has 0 aliphatic heterocycles. The van der Waals surface area contributed by atoms with Crippen LogP contribution >= 0.6 is 45.2 Å². The van der Waals surface area contributed by atoms with Gasteiger partial charge < -0.3 is 4.74 Å². The molecule has 0 atom stereocenters. The molecule has 7 nitrogen and oxygen atoms in total. The highest BCUT2D eigenvalue weighted by Crippen LogP contribution is 2.28. The molecule has 2 aromatic carbocycles. The predicted molar refractivity (Wildman–Crippen MR) is 120 cm³/mol. The Hall–Kier alpha value is -2.02. The van der Waals surface area contributed by atoms with Crippen LogP contribution in [0.5, 0.6) is 5.75 Å². The molecule has 0 heterocycles. The summed E-state index contributed by atoms with van der Waals surface area (Å²) in [6.45, 7) is 4.04. The number of hydrogen-bond donors (Lipinski definition) is 1. The van der Waals surface area contributed by atoms with Crippen LogP contribution in [0.3, 0.4) is 0 Å². The van der Waals surface area contributed by atoms with E-state index in [-0.39, 0.29) is 12.1 Å². The van der Waals surface area contributed by atoms with Crippen LogP contribution in [-0.2, 0) is 11.2 Å². The Bertz CT molecular complexity index is 877. The van der Waals surface area contributed by atoms with E-state index in [2.05, 4.69) is 62.3 Å². The normalized spacial score (nSPS) is 10.6. The zero-order chi connectivity index (χ0) is 19.8. The van der Waals surface area contributed by atoms with Gasteiger partial charge in [-0.3, -0.25) is 14.9 Å². The third kappa shape index (κ3) is 6.27. The Labute approximate surface area is 183 Å². The first-order chi connectivity index (χ1) is 12.9. The van der Waals surface area contributed by atoms with E-state index >= 15 is 0 Å². The van der Waals surface area contributed by atoms with Crippen molar-refractivity contribution in [3.8, 4) is 5.75 Å². The highest BCUT2D eigenvalue weighted by atomic mass is 127. The quantitative estimate of drug-likeness (QED) is 0.165. The molecular formula is C18H15I2N3O4. The number of carbonyl (C=O) groups excluding carboxylic acids is 1. The maximum Gasteiger partial charge on any atom is 0.273 e. The number of benzene rings is 2. The molecule has 1 amide bonds. The zero-order valence-electron chi connectivity index (χ0n) is 14.0. The van der Waals surface area contributed by atoms with E-state index in [0.29, 0.717) is 12.2 Å². The van der Waals surface area contributed by atoms with Gasteiger partial charge in [-0.05, 0) is 62.9 Å². The topological polar surface area (TPSA) is 93.8 Å². The van der Waals surface area contributed by atoms with Crippen LogP contribution in [0.2, 0.25) is 0 Å². The summed E-state index contributed by atoms with van der Waals surface area (Å²) in [5.41, 5.74) is 3.43. The summed E-state index contributed by atoms with van der Waals surface area (Å²) in [6, 6.07) is 9.87. The van der Waals surface area contributed by atoms with Crippen molar-refractivity contribution in [1.82, 2.24) is 5.43 Å². The van der Waals surface area contributed by atoms with Gasteiger partial charge in [-0.25, -0.2) is 5.43 Å². The van der Waals surface area contributed by atoms with Gasteiger partial charge in [-0.1, -0.05) is 30.9 Å². The van der Waals surface area contributed by atoms with Gasteiger partial charge in [0, 0.05) is 11.6 Å². The number of halogens is 2. The summed E-state index contributed by atoms with van der Waals surface area (Å²) >= 11 is 4.33. The third-order valence-electron chi connectivity index (χ3n) is 3.31. The van der Waals surface area contributed by atoms with Gasteiger partial charge in [0.15, 0.2) is 0 Å². The minimum Gasteiger partial charge on any atom is -0.487 e. The minimum atomic E-state index is -0.508. The second-order valence-electron chi connectivity index (χ2n) is 5.27.